The molecular weight excluding hydrogens is 611 g/mol. The maximum atomic E-state index is 12.9. The Kier molecular flexibility index (Phi) is 9.03. The van der Waals surface area contributed by atoms with Gasteiger partial charge in [-0.1, -0.05) is 30.0 Å². The summed E-state index contributed by atoms with van der Waals surface area (Å²) in [6.07, 6.45) is -0.933. The fourth-order valence-corrected chi connectivity index (χ4v) is 8.24. The van der Waals surface area contributed by atoms with E-state index in [4.69, 9.17) is 4.52 Å². The lowest BCUT2D eigenvalue weighted by Gasteiger charge is -2.49. The van der Waals surface area contributed by atoms with E-state index in [0.29, 0.717) is 5.57 Å². The fraction of sp³-hybridized carbons (Fsp3) is 0.400. The molecule has 1 unspecified atom stereocenters. The molecule has 3 heterocycles. The van der Waals surface area contributed by atoms with Gasteiger partial charge in [-0.3, -0.25) is 23.6 Å². The van der Waals surface area contributed by atoms with Gasteiger partial charge < -0.3 is 19.8 Å². The zero-order chi connectivity index (χ0) is 29.2. The van der Waals surface area contributed by atoms with Crippen LogP contribution in [0, 0.1) is 0 Å². The normalized spacial score (nSPS) is 20.5. The van der Waals surface area contributed by atoms with Crippen molar-refractivity contribution >= 4 is 59.0 Å². The molecule has 1 saturated heterocycles. The first-order chi connectivity index (χ1) is 18.8. The van der Waals surface area contributed by atoms with Crippen molar-refractivity contribution in [3.05, 3.63) is 41.1 Å². The number of hydrogen-bond donors (Lipinski definition) is 4. The Morgan fingerprint density at radius 1 is 1.32 bits per heavy atom. The van der Waals surface area contributed by atoms with Gasteiger partial charge in [-0.25, -0.2) is 9.48 Å². The van der Waals surface area contributed by atoms with Crippen LogP contribution >= 0.6 is 31.1 Å². The molecule has 4 rings (SSSR count). The molecule has 0 aliphatic carbocycles. The first-order valence-corrected chi connectivity index (χ1v) is 16.7. The molecule has 1 aromatic carbocycles. The van der Waals surface area contributed by atoms with E-state index in [9.17, 15) is 41.9 Å². The smallest absolute Gasteiger partial charge is 0.352 e. The van der Waals surface area contributed by atoms with Crippen LogP contribution in [-0.4, -0.2) is 95.4 Å². The number of β-lactam (4-membered cyclic amide) rings is 1. The zero-order valence-corrected chi connectivity index (χ0v) is 24.0. The monoisotopic (exact) mass is 634 g/mol. The lowest BCUT2D eigenvalue weighted by molar-refractivity contribution is -0.150. The predicted octanol–water partition coefficient (Wildman–Crippen LogP) is 0.173. The van der Waals surface area contributed by atoms with Crippen LogP contribution in [0.4, 0.5) is 0 Å². The minimum Gasteiger partial charge on any atom is -0.477 e. The average Bonchev–Trinajstić information content (AvgIpc) is 3.30. The third kappa shape index (κ3) is 6.56. The molecule has 4 N–H and O–H groups in total. The number of aromatic nitrogens is 4. The van der Waals surface area contributed by atoms with E-state index in [2.05, 4.69) is 20.8 Å². The Labute approximate surface area is 235 Å². The number of carboxylic acids is 1. The van der Waals surface area contributed by atoms with E-state index >= 15 is 0 Å². The first kappa shape index (κ1) is 30.2. The van der Waals surface area contributed by atoms with E-state index in [0.717, 1.165) is 27.4 Å². The van der Waals surface area contributed by atoms with Crippen LogP contribution in [0.25, 0.3) is 0 Å². The van der Waals surface area contributed by atoms with Gasteiger partial charge >= 0.3 is 13.6 Å². The number of nitrogens with one attached hydrogen (secondary N) is 1. The van der Waals surface area contributed by atoms with Crippen molar-refractivity contribution in [2.24, 2.45) is 0 Å². The summed E-state index contributed by atoms with van der Waals surface area (Å²) >= 11 is 2.24. The maximum Gasteiger partial charge on any atom is 0.352 e. The quantitative estimate of drug-likeness (QED) is 0.105. The molecule has 3 atom stereocenters. The molecule has 2 aromatic rings. The van der Waals surface area contributed by atoms with Crippen LogP contribution in [0.2, 0.25) is 0 Å². The second-order valence-electron chi connectivity index (χ2n) is 8.42. The third-order valence-corrected chi connectivity index (χ3v) is 10.3. The number of benzene rings is 1. The highest BCUT2D eigenvalue weighted by molar-refractivity contribution is 8.01. The first-order valence-electron chi connectivity index (χ1n) is 11.4. The largest absolute Gasteiger partial charge is 0.477 e. The van der Waals surface area contributed by atoms with E-state index in [1.807, 2.05) is 0 Å². The Morgan fingerprint density at radius 3 is 2.73 bits per heavy atom. The summed E-state index contributed by atoms with van der Waals surface area (Å²) in [5.41, 5.74) is 0.171. The number of thioether (sulfide) groups is 2. The van der Waals surface area contributed by atoms with Crippen LogP contribution < -0.4 is 5.32 Å². The van der Waals surface area contributed by atoms with E-state index in [1.54, 1.807) is 6.92 Å². The number of amides is 2. The number of tetrazole rings is 1. The molecule has 1 aromatic heterocycles. The lowest BCUT2D eigenvalue weighted by Crippen LogP contribution is -2.70. The number of carboxylic acid groups (broad SMARTS) is 1. The van der Waals surface area contributed by atoms with Crippen molar-refractivity contribution in [3.63, 3.8) is 0 Å². The molecule has 2 aliphatic heterocycles. The van der Waals surface area contributed by atoms with E-state index in [1.165, 1.54) is 30.0 Å². The van der Waals surface area contributed by atoms with Gasteiger partial charge in [0.25, 0.3) is 16.0 Å². The lowest BCUT2D eigenvalue weighted by atomic mass is 10.0. The summed E-state index contributed by atoms with van der Waals surface area (Å²) in [5.74, 6) is -2.44. The highest BCUT2D eigenvalue weighted by Crippen LogP contribution is 2.44. The highest BCUT2D eigenvalue weighted by atomic mass is 32.2. The summed E-state index contributed by atoms with van der Waals surface area (Å²) in [6, 6.07) is 4.35. The number of carbonyl (C=O) groups excluding carboxylic acids is 2. The summed E-state index contributed by atoms with van der Waals surface area (Å²) in [4.78, 5) is 48.2. The molecule has 2 aliphatic rings. The van der Waals surface area contributed by atoms with Crippen LogP contribution in [-0.2, 0) is 46.3 Å². The van der Waals surface area contributed by atoms with E-state index in [-0.39, 0.29) is 34.5 Å². The average molecular weight is 635 g/mol. The number of nitrogens with zero attached hydrogens (tertiary/aromatic N) is 5. The van der Waals surface area contributed by atoms with Crippen LogP contribution in [0.1, 0.15) is 12.5 Å². The molecule has 0 spiro atoms. The standard InChI is InChI=1S/C20H23N6O10PS3/c1-2-36-37(31,32)10-25-20(22-23-24-25)39-9-12-8-38-18-15(17(28)26(18)16(12)19(29)30)21-14(27)7-11-5-3-4-6-13(11)40(33,34)35/h3-6,15,18H,2,7-10H2,1H3,(H,21,27)(H,29,30)(H,31,32)(H,33,34,35)/t15-,18-/m1/s1. The van der Waals surface area contributed by atoms with Gasteiger partial charge in [0.15, 0.2) is 0 Å². The molecule has 216 valence electrons. The molecule has 16 nitrogen and oxygen atoms in total. The maximum absolute atomic E-state index is 12.9. The van der Waals surface area contributed by atoms with Gasteiger partial charge in [0.1, 0.15) is 23.4 Å². The molecule has 0 saturated carbocycles. The summed E-state index contributed by atoms with van der Waals surface area (Å²) in [5, 5.41) is 22.8. The minimum absolute atomic E-state index is 0.00873. The Bertz CT molecular complexity index is 1530. The van der Waals surface area contributed by atoms with Crippen LogP contribution in [0.5, 0.6) is 0 Å². The highest BCUT2D eigenvalue weighted by Gasteiger charge is 2.54. The van der Waals surface area contributed by atoms with Gasteiger partial charge in [0.05, 0.1) is 17.9 Å². The fourth-order valence-electron chi connectivity index (χ4n) is 4.05. The topological polar surface area (TPSA) is 231 Å². The van der Waals surface area contributed by atoms with Crippen molar-refractivity contribution in [2.75, 3.05) is 18.1 Å². The van der Waals surface area contributed by atoms with Crippen molar-refractivity contribution in [1.29, 1.82) is 0 Å². The van der Waals surface area contributed by atoms with Crippen molar-refractivity contribution in [3.8, 4) is 0 Å². The number of carbonyl (C=O) groups is 3. The molecule has 20 heteroatoms. The molecule has 1 fully saturated rings. The van der Waals surface area contributed by atoms with Crippen molar-refractivity contribution < 1.29 is 46.4 Å². The predicted molar refractivity (Wildman–Crippen MR) is 140 cm³/mol. The van der Waals surface area contributed by atoms with Gasteiger partial charge in [0.2, 0.25) is 11.1 Å². The molecular formula is C20H23N6O10PS3. The third-order valence-electron chi connectivity index (χ3n) is 5.69. The Hall–Kier alpha value is -2.80. The van der Waals surface area contributed by atoms with Gasteiger partial charge in [-0.2, -0.15) is 8.42 Å². The molecule has 40 heavy (non-hydrogen) atoms. The SMILES string of the molecule is CCOP(=O)(O)Cn1nnnc1SCC1=C(C(=O)O)N2C(=O)[C@@H](NC(=O)Cc3ccccc3S(=O)(=O)O)[C@H]2SC1. The van der Waals surface area contributed by atoms with Crippen LogP contribution in [0.15, 0.2) is 45.6 Å². The zero-order valence-electron chi connectivity index (χ0n) is 20.6. The summed E-state index contributed by atoms with van der Waals surface area (Å²) < 4.78 is 50.5. The summed E-state index contributed by atoms with van der Waals surface area (Å²) in [6.45, 7) is 1.57. The van der Waals surface area contributed by atoms with Gasteiger partial charge in [-0.15, -0.1) is 16.9 Å². The minimum atomic E-state index is -4.57. The molecule has 0 radical (unpaired) electrons. The van der Waals surface area contributed by atoms with Gasteiger partial charge in [-0.05, 0) is 34.6 Å². The number of fused-ring (bicyclic) bond motifs is 1. The second-order valence-corrected chi connectivity index (χ2v) is 13.7. The Morgan fingerprint density at radius 2 is 2.05 bits per heavy atom. The van der Waals surface area contributed by atoms with Crippen LogP contribution in [0.3, 0.4) is 0 Å². The van der Waals surface area contributed by atoms with Crippen molar-refractivity contribution in [2.45, 2.75) is 41.1 Å². The number of aliphatic carboxylic acids is 1. The second kappa shape index (κ2) is 12.0. The summed E-state index contributed by atoms with van der Waals surface area (Å²) in [7, 11) is -8.56. The molecule has 0 bridgehead atoms. The number of rotatable bonds is 12. The van der Waals surface area contributed by atoms with Crippen molar-refractivity contribution in [1.82, 2.24) is 30.4 Å². The number of hydrogen-bond acceptors (Lipinski definition) is 12. The van der Waals surface area contributed by atoms with Gasteiger partial charge in [0, 0.05) is 11.5 Å². The van der Waals surface area contributed by atoms with E-state index < -0.39 is 64.5 Å². The Balaban J connectivity index is 1.44. The molecule has 2 amide bonds.